The number of likely N-dealkylation sites (tertiary alicyclic amines) is 1. The molecule has 1 atom stereocenters. The molecule has 2 N–H and O–H groups in total. The summed E-state index contributed by atoms with van der Waals surface area (Å²) in [5, 5.41) is 5.77. The Labute approximate surface area is 153 Å². The molecule has 1 aliphatic heterocycles. The van der Waals surface area contributed by atoms with Crippen molar-refractivity contribution in [2.45, 2.75) is 32.4 Å². The molecule has 0 radical (unpaired) electrons. The van der Waals surface area contributed by atoms with E-state index in [4.69, 9.17) is 0 Å². The lowest BCUT2D eigenvalue weighted by Crippen LogP contribution is -2.39. The number of guanidine groups is 1. The topological polar surface area (TPSA) is 39.7 Å². The number of rotatable bonds is 8. The second kappa shape index (κ2) is 10.4. The second-order valence-corrected chi connectivity index (χ2v) is 6.70. The van der Waals surface area contributed by atoms with Gasteiger partial charge in [-0.1, -0.05) is 30.3 Å². The summed E-state index contributed by atoms with van der Waals surface area (Å²) in [6, 6.07) is 10.4. The van der Waals surface area contributed by atoms with E-state index in [1.54, 1.807) is 0 Å². The molecule has 0 amide bonds. The van der Waals surface area contributed by atoms with E-state index < -0.39 is 12.6 Å². The van der Waals surface area contributed by atoms with Crippen molar-refractivity contribution in [3.63, 3.8) is 0 Å². The van der Waals surface area contributed by atoms with Gasteiger partial charge in [-0.15, -0.1) is 0 Å². The number of nitrogens with one attached hydrogen (secondary N) is 2. The summed E-state index contributed by atoms with van der Waals surface area (Å²) in [5.41, 5.74) is 1.34. The van der Waals surface area contributed by atoms with Crippen LogP contribution in [-0.2, 0) is 6.42 Å². The monoisotopic (exact) mass is 370 g/mol. The minimum Gasteiger partial charge on any atom is -0.357 e. The number of halogens is 3. The third-order valence-corrected chi connectivity index (χ3v) is 4.48. The van der Waals surface area contributed by atoms with E-state index in [0.29, 0.717) is 25.0 Å². The van der Waals surface area contributed by atoms with E-state index in [0.717, 1.165) is 32.5 Å². The Kier molecular flexibility index (Phi) is 8.22. The van der Waals surface area contributed by atoms with Crippen LogP contribution in [0.2, 0.25) is 0 Å². The SMILES string of the molecule is CCNC(=NCC1CCN(CCc2ccccc2)C1)NCCC(F)(F)F. The molecule has 1 aliphatic rings. The van der Waals surface area contributed by atoms with Crippen molar-refractivity contribution in [2.24, 2.45) is 10.9 Å². The second-order valence-electron chi connectivity index (χ2n) is 6.70. The van der Waals surface area contributed by atoms with Gasteiger partial charge < -0.3 is 15.5 Å². The van der Waals surface area contributed by atoms with Crippen molar-refractivity contribution < 1.29 is 13.2 Å². The van der Waals surface area contributed by atoms with Crippen LogP contribution in [0.5, 0.6) is 0 Å². The quantitative estimate of drug-likeness (QED) is 0.546. The average Bonchev–Trinajstić information content (AvgIpc) is 3.06. The van der Waals surface area contributed by atoms with Gasteiger partial charge in [0.1, 0.15) is 0 Å². The zero-order valence-electron chi connectivity index (χ0n) is 15.4. The highest BCUT2D eigenvalue weighted by Crippen LogP contribution is 2.18. The Bertz CT molecular complexity index is 545. The van der Waals surface area contributed by atoms with Crippen LogP contribution in [0, 0.1) is 5.92 Å². The molecule has 26 heavy (non-hydrogen) atoms. The van der Waals surface area contributed by atoms with Crippen molar-refractivity contribution in [3.8, 4) is 0 Å². The molecule has 0 spiro atoms. The molecule has 4 nitrogen and oxygen atoms in total. The maximum absolute atomic E-state index is 12.3. The first-order valence-electron chi connectivity index (χ1n) is 9.31. The number of nitrogens with zero attached hydrogens (tertiary/aromatic N) is 2. The zero-order valence-corrected chi connectivity index (χ0v) is 15.4. The van der Waals surface area contributed by atoms with Gasteiger partial charge in [0, 0.05) is 32.7 Å². The summed E-state index contributed by atoms with van der Waals surface area (Å²) in [6.07, 6.45) is -2.87. The average molecular weight is 370 g/mol. The lowest BCUT2D eigenvalue weighted by Gasteiger charge is -2.16. The summed E-state index contributed by atoms with van der Waals surface area (Å²) in [7, 11) is 0. The van der Waals surface area contributed by atoms with E-state index in [1.165, 1.54) is 5.56 Å². The molecule has 1 unspecified atom stereocenters. The predicted molar refractivity (Wildman–Crippen MR) is 99.3 cm³/mol. The largest absolute Gasteiger partial charge is 0.390 e. The van der Waals surface area contributed by atoms with Crippen molar-refractivity contribution in [3.05, 3.63) is 35.9 Å². The predicted octanol–water partition coefficient (Wildman–Crippen LogP) is 3.06. The molecule has 146 valence electrons. The molecule has 1 heterocycles. The smallest absolute Gasteiger partial charge is 0.357 e. The normalized spacial score (nSPS) is 18.9. The highest BCUT2D eigenvalue weighted by atomic mass is 19.4. The van der Waals surface area contributed by atoms with E-state index >= 15 is 0 Å². The van der Waals surface area contributed by atoms with Crippen LogP contribution in [0.1, 0.15) is 25.3 Å². The Hall–Kier alpha value is -1.76. The fourth-order valence-electron chi connectivity index (χ4n) is 3.08. The fraction of sp³-hybridized carbons (Fsp3) is 0.632. The van der Waals surface area contributed by atoms with Gasteiger partial charge in [0.05, 0.1) is 6.42 Å². The number of hydrogen-bond donors (Lipinski definition) is 2. The summed E-state index contributed by atoms with van der Waals surface area (Å²) in [4.78, 5) is 6.91. The summed E-state index contributed by atoms with van der Waals surface area (Å²) < 4.78 is 36.8. The molecule has 2 rings (SSSR count). The maximum atomic E-state index is 12.3. The van der Waals surface area contributed by atoms with E-state index in [9.17, 15) is 13.2 Å². The molecule has 0 aliphatic carbocycles. The molecule has 1 fully saturated rings. The van der Waals surface area contributed by atoms with Crippen molar-refractivity contribution in [1.82, 2.24) is 15.5 Å². The highest BCUT2D eigenvalue weighted by molar-refractivity contribution is 5.79. The molecule has 0 saturated carbocycles. The van der Waals surface area contributed by atoms with E-state index in [2.05, 4.69) is 44.8 Å². The molecule has 1 aromatic carbocycles. The first kappa shape index (κ1) is 20.6. The third-order valence-electron chi connectivity index (χ3n) is 4.48. The third kappa shape index (κ3) is 8.08. The van der Waals surface area contributed by atoms with Crippen molar-refractivity contribution >= 4 is 5.96 Å². The van der Waals surface area contributed by atoms with Gasteiger partial charge >= 0.3 is 6.18 Å². The number of hydrogen-bond acceptors (Lipinski definition) is 2. The number of alkyl halides is 3. The van der Waals surface area contributed by atoms with Gasteiger partial charge in [-0.25, -0.2) is 0 Å². The minimum atomic E-state index is -4.14. The van der Waals surface area contributed by atoms with Gasteiger partial charge in [-0.3, -0.25) is 4.99 Å². The Morgan fingerprint density at radius 2 is 2.00 bits per heavy atom. The summed E-state index contributed by atoms with van der Waals surface area (Å²) in [6.45, 7) is 6.12. The Balaban J connectivity index is 1.71. The van der Waals surface area contributed by atoms with Crippen molar-refractivity contribution in [1.29, 1.82) is 0 Å². The zero-order chi connectivity index (χ0) is 18.8. The lowest BCUT2D eigenvalue weighted by atomic mass is 10.1. The lowest BCUT2D eigenvalue weighted by molar-refractivity contribution is -0.132. The van der Waals surface area contributed by atoms with Crippen LogP contribution >= 0.6 is 0 Å². The Morgan fingerprint density at radius 1 is 1.23 bits per heavy atom. The first-order valence-corrected chi connectivity index (χ1v) is 9.31. The molecule has 0 aromatic heterocycles. The molecular weight excluding hydrogens is 341 g/mol. The standard InChI is InChI=1S/C19H29F3N4/c1-2-23-18(24-11-10-19(20,21)22)25-14-17-9-13-26(15-17)12-8-16-6-4-3-5-7-16/h3-7,17H,2,8-15H2,1H3,(H2,23,24,25). The van der Waals surface area contributed by atoms with E-state index in [1.807, 2.05) is 13.0 Å². The molecule has 0 bridgehead atoms. The van der Waals surface area contributed by atoms with Crippen LogP contribution in [-0.4, -0.2) is 56.3 Å². The first-order chi connectivity index (χ1) is 12.5. The van der Waals surface area contributed by atoms with Gasteiger partial charge in [-0.2, -0.15) is 13.2 Å². The van der Waals surface area contributed by atoms with Crippen LogP contribution in [0.4, 0.5) is 13.2 Å². The van der Waals surface area contributed by atoms with Crippen LogP contribution < -0.4 is 10.6 Å². The van der Waals surface area contributed by atoms with Gasteiger partial charge in [0.15, 0.2) is 5.96 Å². The number of aliphatic imine (C=N–C) groups is 1. The summed E-state index contributed by atoms with van der Waals surface area (Å²) >= 11 is 0. The maximum Gasteiger partial charge on any atom is 0.390 e. The Morgan fingerprint density at radius 3 is 2.69 bits per heavy atom. The van der Waals surface area contributed by atoms with Gasteiger partial charge in [0.2, 0.25) is 0 Å². The van der Waals surface area contributed by atoms with Crippen LogP contribution in [0.15, 0.2) is 35.3 Å². The van der Waals surface area contributed by atoms with Gasteiger partial charge in [0.25, 0.3) is 0 Å². The molecular formula is C19H29F3N4. The molecule has 1 aromatic rings. The van der Waals surface area contributed by atoms with Crippen LogP contribution in [0.3, 0.4) is 0 Å². The fourth-order valence-corrected chi connectivity index (χ4v) is 3.08. The molecule has 1 saturated heterocycles. The summed E-state index contributed by atoms with van der Waals surface area (Å²) in [5.74, 6) is 0.934. The van der Waals surface area contributed by atoms with Crippen molar-refractivity contribution in [2.75, 3.05) is 39.3 Å². The number of benzene rings is 1. The van der Waals surface area contributed by atoms with Gasteiger partial charge in [-0.05, 0) is 37.8 Å². The minimum absolute atomic E-state index is 0.150. The molecule has 7 heteroatoms. The van der Waals surface area contributed by atoms with Crippen LogP contribution in [0.25, 0.3) is 0 Å². The highest BCUT2D eigenvalue weighted by Gasteiger charge is 2.26. The van der Waals surface area contributed by atoms with E-state index in [-0.39, 0.29) is 6.54 Å².